The van der Waals surface area contributed by atoms with Crippen molar-refractivity contribution in [2.24, 2.45) is 0 Å². The van der Waals surface area contributed by atoms with Crippen LogP contribution in [0.4, 0.5) is 9.18 Å². The number of nitrogens with zero attached hydrogens (tertiary/aromatic N) is 3. The van der Waals surface area contributed by atoms with Gasteiger partial charge in [0.25, 0.3) is 0 Å². The summed E-state index contributed by atoms with van der Waals surface area (Å²) >= 11 is 0. The smallest absolute Gasteiger partial charge is 0.407 e. The quantitative estimate of drug-likeness (QED) is 0.727. The van der Waals surface area contributed by atoms with E-state index in [1.165, 1.54) is 17.0 Å². The molecule has 4 rings (SSSR count). The first kappa shape index (κ1) is 18.2. The lowest BCUT2D eigenvalue weighted by molar-refractivity contribution is 0.0547. The minimum atomic E-state index is -0.969. The molecule has 0 radical (unpaired) electrons. The normalized spacial score (nSPS) is 16.0. The molecule has 28 heavy (non-hydrogen) atoms. The van der Waals surface area contributed by atoms with Crippen LogP contribution in [0.3, 0.4) is 0 Å². The van der Waals surface area contributed by atoms with Gasteiger partial charge in [-0.15, -0.1) is 0 Å². The molecule has 0 bridgehead atoms. The van der Waals surface area contributed by atoms with E-state index in [0.717, 1.165) is 16.8 Å². The van der Waals surface area contributed by atoms with Gasteiger partial charge in [-0.1, -0.05) is 30.3 Å². The maximum absolute atomic E-state index is 13.2. The molecule has 1 aromatic heterocycles. The molecular formula is C21H20FN3O3. The zero-order valence-electron chi connectivity index (χ0n) is 15.2. The third kappa shape index (κ3) is 3.89. The number of benzene rings is 2. The topological polar surface area (TPSA) is 67.6 Å². The lowest BCUT2D eigenvalue weighted by Gasteiger charge is -2.31. The SMILES string of the molecule is O=C(O)N1Cc2cc(-c3ccc(F)cc3)nn2C(COCc2ccccc2)C1. The summed E-state index contributed by atoms with van der Waals surface area (Å²) < 4.78 is 20.9. The number of hydrogen-bond acceptors (Lipinski definition) is 3. The van der Waals surface area contributed by atoms with Gasteiger partial charge in [-0.25, -0.2) is 9.18 Å². The zero-order chi connectivity index (χ0) is 19.5. The summed E-state index contributed by atoms with van der Waals surface area (Å²) in [6, 6.07) is 17.5. The third-order valence-electron chi connectivity index (χ3n) is 4.78. The van der Waals surface area contributed by atoms with Gasteiger partial charge in [0.1, 0.15) is 5.82 Å². The van der Waals surface area contributed by atoms with E-state index in [2.05, 4.69) is 5.10 Å². The van der Waals surface area contributed by atoms with Gasteiger partial charge in [0.2, 0.25) is 0 Å². The van der Waals surface area contributed by atoms with E-state index >= 15 is 0 Å². The van der Waals surface area contributed by atoms with Gasteiger partial charge < -0.3 is 14.7 Å². The van der Waals surface area contributed by atoms with Crippen molar-refractivity contribution in [2.75, 3.05) is 13.2 Å². The molecule has 1 amide bonds. The molecule has 2 aromatic carbocycles. The number of amides is 1. The molecule has 1 aliphatic heterocycles. The minimum absolute atomic E-state index is 0.224. The molecule has 2 heterocycles. The molecule has 0 fully saturated rings. The average Bonchev–Trinajstić information content (AvgIpc) is 3.13. The van der Waals surface area contributed by atoms with Crippen LogP contribution in [0.5, 0.6) is 0 Å². The number of halogens is 1. The number of ether oxygens (including phenoxy) is 1. The van der Waals surface area contributed by atoms with Crippen LogP contribution in [0, 0.1) is 5.82 Å². The van der Waals surface area contributed by atoms with Crippen LogP contribution in [-0.4, -0.2) is 39.0 Å². The maximum Gasteiger partial charge on any atom is 0.407 e. The Bertz CT molecular complexity index is 957. The second-order valence-electron chi connectivity index (χ2n) is 6.79. The second-order valence-corrected chi connectivity index (χ2v) is 6.79. The van der Waals surface area contributed by atoms with Gasteiger partial charge >= 0.3 is 6.09 Å². The number of aromatic nitrogens is 2. The summed E-state index contributed by atoms with van der Waals surface area (Å²) in [6.45, 7) is 1.36. The fraction of sp³-hybridized carbons (Fsp3) is 0.238. The van der Waals surface area contributed by atoms with Gasteiger partial charge in [-0.3, -0.25) is 4.68 Å². The standard InChI is InChI=1S/C21H20FN3O3/c22-17-8-6-16(7-9-17)20-10-18-11-24(21(26)27)12-19(25(18)23-20)14-28-13-15-4-2-1-3-5-15/h1-10,19H,11-14H2,(H,26,27). The Hall–Kier alpha value is -3.19. The van der Waals surface area contributed by atoms with Crippen LogP contribution >= 0.6 is 0 Å². The maximum atomic E-state index is 13.2. The van der Waals surface area contributed by atoms with Crippen molar-refractivity contribution in [3.05, 3.63) is 77.7 Å². The highest BCUT2D eigenvalue weighted by atomic mass is 19.1. The highest BCUT2D eigenvalue weighted by Crippen LogP contribution is 2.27. The van der Waals surface area contributed by atoms with Crippen molar-refractivity contribution in [3.8, 4) is 11.3 Å². The highest BCUT2D eigenvalue weighted by molar-refractivity contribution is 5.66. The summed E-state index contributed by atoms with van der Waals surface area (Å²) in [4.78, 5) is 12.9. The second kappa shape index (κ2) is 7.82. The average molecular weight is 381 g/mol. The number of fused-ring (bicyclic) bond motifs is 1. The van der Waals surface area contributed by atoms with Crippen LogP contribution in [-0.2, 0) is 17.9 Å². The van der Waals surface area contributed by atoms with Gasteiger partial charge in [-0.2, -0.15) is 5.10 Å². The lowest BCUT2D eigenvalue weighted by atomic mass is 10.1. The number of carboxylic acid groups (broad SMARTS) is 1. The van der Waals surface area contributed by atoms with E-state index in [4.69, 9.17) is 4.74 Å². The number of carbonyl (C=O) groups is 1. The summed E-state index contributed by atoms with van der Waals surface area (Å²) in [5.41, 5.74) is 3.33. The van der Waals surface area contributed by atoms with Gasteiger partial charge in [-0.05, 0) is 35.9 Å². The van der Waals surface area contributed by atoms with E-state index in [9.17, 15) is 14.3 Å². The Morgan fingerprint density at radius 1 is 1.18 bits per heavy atom. The first-order valence-electron chi connectivity index (χ1n) is 9.04. The Labute approximate surface area is 161 Å². The van der Waals surface area contributed by atoms with Crippen LogP contribution in [0.25, 0.3) is 11.3 Å². The molecule has 0 aliphatic carbocycles. The van der Waals surface area contributed by atoms with E-state index in [1.807, 2.05) is 41.1 Å². The highest BCUT2D eigenvalue weighted by Gasteiger charge is 2.29. The van der Waals surface area contributed by atoms with Crippen LogP contribution in [0.1, 0.15) is 17.3 Å². The van der Waals surface area contributed by atoms with E-state index < -0.39 is 6.09 Å². The van der Waals surface area contributed by atoms with Gasteiger partial charge in [0, 0.05) is 12.1 Å². The molecule has 1 unspecified atom stereocenters. The van der Waals surface area contributed by atoms with Gasteiger partial charge in [0.15, 0.2) is 0 Å². The molecule has 1 N–H and O–H groups in total. The van der Waals surface area contributed by atoms with Crippen molar-refractivity contribution in [3.63, 3.8) is 0 Å². The molecule has 0 spiro atoms. The molecule has 1 aliphatic rings. The Kier molecular flexibility index (Phi) is 5.08. The summed E-state index contributed by atoms with van der Waals surface area (Å²) in [5.74, 6) is -0.308. The molecular weight excluding hydrogens is 361 g/mol. The van der Waals surface area contributed by atoms with Crippen molar-refractivity contribution in [2.45, 2.75) is 19.2 Å². The van der Waals surface area contributed by atoms with E-state index in [1.54, 1.807) is 12.1 Å². The molecule has 1 atom stereocenters. The summed E-state index contributed by atoms with van der Waals surface area (Å²) in [7, 11) is 0. The molecule has 7 heteroatoms. The lowest BCUT2D eigenvalue weighted by Crippen LogP contribution is -2.42. The molecule has 144 valence electrons. The van der Waals surface area contributed by atoms with Gasteiger partial charge in [0.05, 0.1) is 37.2 Å². The predicted molar refractivity (Wildman–Crippen MR) is 101 cm³/mol. The van der Waals surface area contributed by atoms with Crippen LogP contribution < -0.4 is 0 Å². The first-order valence-corrected chi connectivity index (χ1v) is 9.04. The number of rotatable bonds is 5. The summed E-state index contributed by atoms with van der Waals surface area (Å²) in [6.07, 6.45) is -0.969. The van der Waals surface area contributed by atoms with Crippen molar-refractivity contribution in [1.82, 2.24) is 14.7 Å². The Balaban J connectivity index is 1.54. The molecule has 0 saturated heterocycles. The van der Waals surface area contributed by atoms with E-state index in [-0.39, 0.29) is 18.4 Å². The van der Waals surface area contributed by atoms with E-state index in [0.29, 0.717) is 25.5 Å². The largest absolute Gasteiger partial charge is 0.465 e. The Morgan fingerprint density at radius 2 is 1.93 bits per heavy atom. The van der Waals surface area contributed by atoms with Crippen LogP contribution in [0.15, 0.2) is 60.7 Å². The van der Waals surface area contributed by atoms with Crippen molar-refractivity contribution >= 4 is 6.09 Å². The zero-order valence-corrected chi connectivity index (χ0v) is 15.2. The predicted octanol–water partition coefficient (Wildman–Crippen LogP) is 3.94. The molecule has 3 aromatic rings. The minimum Gasteiger partial charge on any atom is -0.465 e. The third-order valence-corrected chi connectivity index (χ3v) is 4.78. The fourth-order valence-corrected chi connectivity index (χ4v) is 3.38. The first-order chi connectivity index (χ1) is 13.6. The fourth-order valence-electron chi connectivity index (χ4n) is 3.38. The van der Waals surface area contributed by atoms with Crippen LogP contribution in [0.2, 0.25) is 0 Å². The summed E-state index contributed by atoms with van der Waals surface area (Å²) in [5, 5.41) is 14.1. The molecule has 6 nitrogen and oxygen atoms in total. The van der Waals surface area contributed by atoms with Crippen molar-refractivity contribution in [1.29, 1.82) is 0 Å². The molecule has 0 saturated carbocycles. The Morgan fingerprint density at radius 3 is 2.64 bits per heavy atom. The monoisotopic (exact) mass is 381 g/mol. The number of hydrogen-bond donors (Lipinski definition) is 1. The van der Waals surface area contributed by atoms with Crippen molar-refractivity contribution < 1.29 is 19.0 Å².